The number of aromatic nitrogens is 2. The van der Waals surface area contributed by atoms with Crippen molar-refractivity contribution in [1.82, 2.24) is 15.3 Å². The van der Waals surface area contributed by atoms with Gasteiger partial charge in [-0.3, -0.25) is 0 Å². The number of rotatable bonds is 2. The molecule has 0 spiro atoms. The zero-order chi connectivity index (χ0) is 7.23. The molecule has 4 heteroatoms. The molecule has 0 saturated heterocycles. The average Bonchev–Trinajstić information content (AvgIpc) is 2.03. The van der Waals surface area contributed by atoms with Crippen LogP contribution < -0.4 is 5.32 Å². The second-order valence-electron chi connectivity index (χ2n) is 1.61. The second-order valence-corrected chi connectivity index (χ2v) is 1.61. The van der Waals surface area contributed by atoms with Gasteiger partial charge in [0, 0.05) is 19.3 Å². The zero-order valence-electron chi connectivity index (χ0n) is 5.65. The number of hydrogen-bond acceptors (Lipinski definition) is 3. The summed E-state index contributed by atoms with van der Waals surface area (Å²) >= 11 is 0. The van der Waals surface area contributed by atoms with Gasteiger partial charge in [-0.15, -0.1) is 0 Å². The van der Waals surface area contributed by atoms with Gasteiger partial charge in [-0.2, -0.15) is 0 Å². The third-order valence-corrected chi connectivity index (χ3v) is 0.892. The maximum absolute atomic E-state index is 3.94. The predicted molar refractivity (Wildman–Crippen MR) is 39.2 cm³/mol. The van der Waals surface area contributed by atoms with Crippen LogP contribution in [0.4, 0.5) is 5.82 Å². The number of nitrogens with zero attached hydrogens (tertiary/aromatic N) is 3. The lowest BCUT2D eigenvalue weighted by molar-refractivity contribution is 1.14. The van der Waals surface area contributed by atoms with Crippen LogP contribution >= 0.6 is 0 Å². The second kappa shape index (κ2) is 3.55. The third-order valence-electron chi connectivity index (χ3n) is 0.892. The number of aliphatic imine (C=N–C) groups is 1. The molecule has 0 unspecified atom stereocenters. The highest BCUT2D eigenvalue weighted by Gasteiger charge is 1.82. The Hall–Kier alpha value is -1.45. The van der Waals surface area contributed by atoms with Crippen LogP contribution in [0.1, 0.15) is 0 Å². The molecule has 4 nitrogen and oxygen atoms in total. The Labute approximate surface area is 59.0 Å². The highest BCUT2D eigenvalue weighted by molar-refractivity contribution is 5.58. The fourth-order valence-corrected chi connectivity index (χ4v) is 0.491. The molecule has 1 heterocycles. The molecule has 1 aromatic heterocycles. The van der Waals surface area contributed by atoms with Crippen LogP contribution in [0.5, 0.6) is 0 Å². The molecular weight excluding hydrogens is 128 g/mol. The van der Waals surface area contributed by atoms with Gasteiger partial charge in [-0.25, -0.2) is 15.0 Å². The van der Waals surface area contributed by atoms with Crippen molar-refractivity contribution in [3.63, 3.8) is 0 Å². The first-order valence-corrected chi connectivity index (χ1v) is 2.89. The van der Waals surface area contributed by atoms with E-state index in [2.05, 4.69) is 20.3 Å². The lowest BCUT2D eigenvalue weighted by Crippen LogP contribution is -1.99. The van der Waals surface area contributed by atoms with Crippen LogP contribution in [0.15, 0.2) is 23.6 Å². The largest absolute Gasteiger partial charge is 0.379 e. The van der Waals surface area contributed by atoms with Crippen molar-refractivity contribution in [1.29, 1.82) is 0 Å². The van der Waals surface area contributed by atoms with E-state index < -0.39 is 0 Å². The Balaban J connectivity index is 2.67. The topological polar surface area (TPSA) is 50.2 Å². The van der Waals surface area contributed by atoms with Crippen molar-refractivity contribution in [3.05, 3.63) is 18.6 Å². The maximum atomic E-state index is 3.94. The van der Waals surface area contributed by atoms with Gasteiger partial charge < -0.3 is 5.32 Å². The molecule has 0 bridgehead atoms. The van der Waals surface area contributed by atoms with Crippen LogP contribution in [0.25, 0.3) is 0 Å². The van der Waals surface area contributed by atoms with Gasteiger partial charge in [-0.05, 0) is 0 Å². The Kier molecular flexibility index (Phi) is 2.37. The van der Waals surface area contributed by atoms with Crippen molar-refractivity contribution < 1.29 is 0 Å². The normalized spacial score (nSPS) is 10.1. The molecule has 0 atom stereocenters. The summed E-state index contributed by atoms with van der Waals surface area (Å²) < 4.78 is 0. The molecule has 0 amide bonds. The van der Waals surface area contributed by atoms with Gasteiger partial charge in [-0.1, -0.05) is 0 Å². The van der Waals surface area contributed by atoms with E-state index in [4.69, 9.17) is 0 Å². The Morgan fingerprint density at radius 1 is 1.70 bits per heavy atom. The van der Waals surface area contributed by atoms with Crippen molar-refractivity contribution >= 4 is 12.2 Å². The van der Waals surface area contributed by atoms with Crippen LogP contribution in [-0.4, -0.2) is 23.4 Å². The quantitative estimate of drug-likeness (QED) is 0.471. The standard InChI is InChI=1S/C6H8N4/c1-7-4-9-6-2-3-8-5-10-6/h2-5H,1H3,(H,7,8,9,10). The van der Waals surface area contributed by atoms with Gasteiger partial charge in [0.2, 0.25) is 0 Å². The summed E-state index contributed by atoms with van der Waals surface area (Å²) in [6.45, 7) is 0. The predicted octanol–water partition coefficient (Wildman–Crippen LogP) is 0.356. The molecule has 10 heavy (non-hydrogen) atoms. The van der Waals surface area contributed by atoms with E-state index in [1.165, 1.54) is 6.33 Å². The zero-order valence-corrected chi connectivity index (χ0v) is 5.65. The van der Waals surface area contributed by atoms with Crippen molar-refractivity contribution in [2.75, 3.05) is 7.05 Å². The first kappa shape index (κ1) is 6.67. The van der Waals surface area contributed by atoms with E-state index in [1.54, 1.807) is 25.6 Å². The van der Waals surface area contributed by atoms with Crippen LogP contribution in [-0.2, 0) is 0 Å². The molecule has 1 aromatic rings. The van der Waals surface area contributed by atoms with E-state index >= 15 is 0 Å². The summed E-state index contributed by atoms with van der Waals surface area (Å²) in [6, 6.07) is 1.73. The summed E-state index contributed by atoms with van der Waals surface area (Å²) in [5, 5.41) is 2.76. The molecule has 0 aliphatic carbocycles. The summed E-state index contributed by atoms with van der Waals surface area (Å²) in [5.41, 5.74) is 0. The van der Waals surface area contributed by atoms with Crippen LogP contribution in [0.3, 0.4) is 0 Å². The lowest BCUT2D eigenvalue weighted by Gasteiger charge is -1.87. The molecule has 0 radical (unpaired) electrons. The van der Waals surface area contributed by atoms with Crippen LogP contribution in [0, 0.1) is 0 Å². The number of nitrogens with one attached hydrogen (secondary N) is 1. The molecule has 0 aliphatic heterocycles. The molecule has 1 N–H and O–H groups in total. The third kappa shape index (κ3) is 1.81. The molecular formula is C6H8N4. The summed E-state index contributed by atoms with van der Waals surface area (Å²) in [5.74, 6) is 0.657. The minimum atomic E-state index is 0.657. The van der Waals surface area contributed by atoms with E-state index in [0.29, 0.717) is 5.82 Å². The molecule has 0 fully saturated rings. The Morgan fingerprint density at radius 2 is 2.60 bits per heavy atom. The molecule has 1 rings (SSSR count). The van der Waals surface area contributed by atoms with E-state index in [0.717, 1.165) is 0 Å². The van der Waals surface area contributed by atoms with Gasteiger partial charge >= 0.3 is 0 Å². The lowest BCUT2D eigenvalue weighted by atomic mass is 10.6. The molecule has 0 aromatic carbocycles. The average molecular weight is 136 g/mol. The van der Waals surface area contributed by atoms with Gasteiger partial charge in [0.1, 0.15) is 6.33 Å². The van der Waals surface area contributed by atoms with Crippen molar-refractivity contribution in [2.45, 2.75) is 0 Å². The smallest absolute Gasteiger partial charge is 0.156 e. The fourth-order valence-electron chi connectivity index (χ4n) is 0.491. The first-order valence-electron chi connectivity index (χ1n) is 2.89. The number of hydrogen-bond donors (Lipinski definition) is 1. The molecule has 0 aliphatic rings. The van der Waals surface area contributed by atoms with Gasteiger partial charge in [0.25, 0.3) is 0 Å². The van der Waals surface area contributed by atoms with Gasteiger partial charge in [0.15, 0.2) is 5.82 Å². The molecule has 52 valence electrons. The van der Waals surface area contributed by atoms with Crippen LogP contribution in [0.2, 0.25) is 0 Å². The van der Waals surface area contributed by atoms with Gasteiger partial charge in [0.05, 0.1) is 6.34 Å². The molecule has 0 saturated carbocycles. The SMILES string of the molecule is CN/C=N\c1ccncn1. The maximum Gasteiger partial charge on any atom is 0.156 e. The van der Waals surface area contributed by atoms with E-state index in [1.807, 2.05) is 0 Å². The summed E-state index contributed by atoms with van der Waals surface area (Å²) in [4.78, 5) is 11.6. The van der Waals surface area contributed by atoms with E-state index in [9.17, 15) is 0 Å². The fraction of sp³-hybridized carbons (Fsp3) is 0.167. The highest BCUT2D eigenvalue weighted by Crippen LogP contribution is 2.00. The summed E-state index contributed by atoms with van der Waals surface area (Å²) in [7, 11) is 1.78. The first-order chi connectivity index (χ1) is 4.93. The summed E-state index contributed by atoms with van der Waals surface area (Å²) in [6.07, 6.45) is 4.68. The minimum Gasteiger partial charge on any atom is -0.379 e. The Morgan fingerprint density at radius 3 is 3.20 bits per heavy atom. The van der Waals surface area contributed by atoms with Crippen molar-refractivity contribution in [3.8, 4) is 0 Å². The van der Waals surface area contributed by atoms with Crippen molar-refractivity contribution in [2.24, 2.45) is 4.99 Å². The minimum absolute atomic E-state index is 0.657. The van der Waals surface area contributed by atoms with E-state index in [-0.39, 0.29) is 0 Å². The monoisotopic (exact) mass is 136 g/mol. The Bertz CT molecular complexity index is 206. The highest BCUT2D eigenvalue weighted by atomic mass is 15.0.